The Morgan fingerprint density at radius 2 is 1.94 bits per heavy atom. The van der Waals surface area contributed by atoms with E-state index >= 15 is 0 Å². The zero-order valence-corrected chi connectivity index (χ0v) is 21.6. The standard InChI is InChI=1S/C23H38FN5O.HI/c1-4-28-11-13-29(14-12-28)22-6-5-20(17-21(22)24)18-26-23(25-2)27(3)10-7-19-8-15-30-16-9-19;/h5-6,17,19H,4,7-16,18H2,1-3H3,(H,25,26);1H. The second-order valence-corrected chi connectivity index (χ2v) is 8.37. The number of hydrogen-bond acceptors (Lipinski definition) is 4. The summed E-state index contributed by atoms with van der Waals surface area (Å²) >= 11 is 0. The number of likely N-dealkylation sites (N-methyl/N-ethyl adjacent to an activating group) is 1. The van der Waals surface area contributed by atoms with Crippen LogP contribution in [0.2, 0.25) is 0 Å². The number of anilines is 1. The van der Waals surface area contributed by atoms with Crippen molar-refractivity contribution in [1.29, 1.82) is 0 Å². The fourth-order valence-electron chi connectivity index (χ4n) is 4.30. The molecular weight excluding hydrogens is 508 g/mol. The lowest BCUT2D eigenvalue weighted by Gasteiger charge is -2.35. The molecule has 0 radical (unpaired) electrons. The monoisotopic (exact) mass is 547 g/mol. The molecule has 176 valence electrons. The van der Waals surface area contributed by atoms with Gasteiger partial charge in [-0.1, -0.05) is 13.0 Å². The summed E-state index contributed by atoms with van der Waals surface area (Å²) in [5, 5.41) is 3.38. The first kappa shape index (κ1) is 26.1. The molecule has 3 rings (SSSR count). The number of halogens is 2. The van der Waals surface area contributed by atoms with E-state index < -0.39 is 0 Å². The van der Waals surface area contributed by atoms with Crippen LogP contribution in [0.25, 0.3) is 0 Å². The second kappa shape index (κ2) is 13.4. The van der Waals surface area contributed by atoms with Gasteiger partial charge in [0.1, 0.15) is 5.82 Å². The molecule has 2 aliphatic heterocycles. The fraction of sp³-hybridized carbons (Fsp3) is 0.696. The van der Waals surface area contributed by atoms with Crippen molar-refractivity contribution in [2.75, 3.05) is 71.5 Å². The summed E-state index contributed by atoms with van der Waals surface area (Å²) in [6.45, 7) is 10.3. The number of benzene rings is 1. The molecule has 0 amide bonds. The zero-order valence-electron chi connectivity index (χ0n) is 19.3. The van der Waals surface area contributed by atoms with E-state index in [0.717, 1.165) is 89.2 Å². The number of nitrogens with zero attached hydrogens (tertiary/aromatic N) is 4. The largest absolute Gasteiger partial charge is 0.381 e. The Morgan fingerprint density at radius 1 is 1.23 bits per heavy atom. The minimum Gasteiger partial charge on any atom is -0.381 e. The van der Waals surface area contributed by atoms with Crippen LogP contribution < -0.4 is 10.2 Å². The number of guanidine groups is 1. The Kier molecular flexibility index (Phi) is 11.3. The van der Waals surface area contributed by atoms with Gasteiger partial charge in [0, 0.05) is 66.6 Å². The van der Waals surface area contributed by atoms with Crippen molar-refractivity contribution < 1.29 is 9.13 Å². The van der Waals surface area contributed by atoms with Gasteiger partial charge in [0.15, 0.2) is 5.96 Å². The minimum atomic E-state index is -0.137. The number of piperazine rings is 1. The Hall–Kier alpha value is -1.13. The van der Waals surface area contributed by atoms with Crippen LogP contribution in [-0.2, 0) is 11.3 Å². The van der Waals surface area contributed by atoms with Crippen LogP contribution in [0.15, 0.2) is 23.2 Å². The fourth-order valence-corrected chi connectivity index (χ4v) is 4.30. The van der Waals surface area contributed by atoms with Crippen molar-refractivity contribution >= 4 is 35.6 Å². The highest BCUT2D eigenvalue weighted by Crippen LogP contribution is 2.22. The van der Waals surface area contributed by atoms with Crippen LogP contribution in [0.1, 0.15) is 31.7 Å². The normalized spacial score (nSPS) is 18.6. The van der Waals surface area contributed by atoms with E-state index in [4.69, 9.17) is 4.74 Å². The van der Waals surface area contributed by atoms with Gasteiger partial charge in [0.25, 0.3) is 0 Å². The van der Waals surface area contributed by atoms with Crippen molar-refractivity contribution in [1.82, 2.24) is 15.1 Å². The minimum absolute atomic E-state index is 0. The van der Waals surface area contributed by atoms with Crippen LogP contribution in [0.5, 0.6) is 0 Å². The Balaban J connectivity index is 0.00000341. The van der Waals surface area contributed by atoms with Crippen molar-refractivity contribution in [2.24, 2.45) is 10.9 Å². The molecule has 0 atom stereocenters. The third-order valence-corrected chi connectivity index (χ3v) is 6.41. The number of hydrogen-bond donors (Lipinski definition) is 1. The number of ether oxygens (including phenoxy) is 1. The van der Waals surface area contributed by atoms with Gasteiger partial charge >= 0.3 is 0 Å². The number of nitrogens with one attached hydrogen (secondary N) is 1. The topological polar surface area (TPSA) is 43.3 Å². The van der Waals surface area contributed by atoms with Crippen molar-refractivity contribution in [3.05, 3.63) is 29.6 Å². The van der Waals surface area contributed by atoms with Crippen LogP contribution >= 0.6 is 24.0 Å². The van der Waals surface area contributed by atoms with Crippen molar-refractivity contribution in [3.63, 3.8) is 0 Å². The third kappa shape index (κ3) is 7.75. The summed E-state index contributed by atoms with van der Waals surface area (Å²) < 4.78 is 20.2. The lowest BCUT2D eigenvalue weighted by atomic mass is 9.96. The maximum Gasteiger partial charge on any atom is 0.193 e. The molecule has 6 nitrogen and oxygen atoms in total. The van der Waals surface area contributed by atoms with Gasteiger partial charge in [0.2, 0.25) is 0 Å². The summed E-state index contributed by atoms with van der Waals surface area (Å²) in [6, 6.07) is 5.60. The van der Waals surface area contributed by atoms with Gasteiger partial charge in [-0.3, -0.25) is 4.99 Å². The van der Waals surface area contributed by atoms with E-state index in [0.29, 0.717) is 12.2 Å². The van der Waals surface area contributed by atoms with Gasteiger partial charge in [0.05, 0.1) is 5.69 Å². The molecule has 0 saturated carbocycles. The van der Waals surface area contributed by atoms with Crippen molar-refractivity contribution in [2.45, 2.75) is 32.7 Å². The quantitative estimate of drug-likeness (QED) is 0.322. The van der Waals surface area contributed by atoms with Crippen LogP contribution in [0.3, 0.4) is 0 Å². The maximum absolute atomic E-state index is 14.8. The summed E-state index contributed by atoms with van der Waals surface area (Å²) in [6.07, 6.45) is 3.45. The average Bonchev–Trinajstić information content (AvgIpc) is 2.79. The molecule has 1 aromatic rings. The lowest BCUT2D eigenvalue weighted by Crippen LogP contribution is -2.46. The van der Waals surface area contributed by atoms with E-state index in [-0.39, 0.29) is 29.8 Å². The Bertz CT molecular complexity index is 691. The number of rotatable bonds is 7. The summed E-state index contributed by atoms with van der Waals surface area (Å²) in [7, 11) is 3.86. The van der Waals surface area contributed by atoms with E-state index in [2.05, 4.69) is 39.0 Å². The van der Waals surface area contributed by atoms with Crippen molar-refractivity contribution in [3.8, 4) is 0 Å². The molecule has 2 fully saturated rings. The molecule has 2 heterocycles. The number of aliphatic imine (C=N–C) groups is 1. The predicted molar refractivity (Wildman–Crippen MR) is 137 cm³/mol. The molecule has 1 N–H and O–H groups in total. The Labute approximate surface area is 204 Å². The molecule has 0 aromatic heterocycles. The molecule has 1 aromatic carbocycles. The highest BCUT2D eigenvalue weighted by molar-refractivity contribution is 14.0. The predicted octanol–water partition coefficient (Wildman–Crippen LogP) is 3.41. The summed E-state index contributed by atoms with van der Waals surface area (Å²) in [5.41, 5.74) is 1.65. The van der Waals surface area contributed by atoms with Crippen LogP contribution in [0, 0.1) is 11.7 Å². The van der Waals surface area contributed by atoms with Gasteiger partial charge in [-0.15, -0.1) is 24.0 Å². The molecule has 8 heteroatoms. The van der Waals surface area contributed by atoms with Gasteiger partial charge < -0.3 is 24.8 Å². The third-order valence-electron chi connectivity index (χ3n) is 6.41. The second-order valence-electron chi connectivity index (χ2n) is 8.37. The summed E-state index contributed by atoms with van der Waals surface area (Å²) in [4.78, 5) is 11.1. The first-order valence-electron chi connectivity index (χ1n) is 11.4. The van der Waals surface area contributed by atoms with E-state index in [1.54, 1.807) is 13.1 Å². The highest BCUT2D eigenvalue weighted by Gasteiger charge is 2.19. The maximum atomic E-state index is 14.8. The highest BCUT2D eigenvalue weighted by atomic mass is 127. The SMILES string of the molecule is CCN1CCN(c2ccc(CNC(=NC)N(C)CCC3CCOCC3)cc2F)CC1.I. The van der Waals surface area contributed by atoms with E-state index in [1.165, 1.54) is 0 Å². The van der Waals surface area contributed by atoms with E-state index in [9.17, 15) is 4.39 Å². The average molecular weight is 548 g/mol. The smallest absolute Gasteiger partial charge is 0.193 e. The van der Waals surface area contributed by atoms with Gasteiger partial charge in [-0.05, 0) is 49.4 Å². The van der Waals surface area contributed by atoms with Crippen LogP contribution in [-0.4, -0.2) is 82.3 Å². The zero-order chi connectivity index (χ0) is 21.3. The molecule has 0 unspecified atom stereocenters. The first-order chi connectivity index (χ1) is 14.6. The van der Waals surface area contributed by atoms with Crippen LogP contribution in [0.4, 0.5) is 10.1 Å². The lowest BCUT2D eigenvalue weighted by molar-refractivity contribution is 0.0625. The molecule has 2 aliphatic rings. The molecule has 0 aliphatic carbocycles. The molecule has 0 spiro atoms. The molecule has 31 heavy (non-hydrogen) atoms. The van der Waals surface area contributed by atoms with Gasteiger partial charge in [-0.25, -0.2) is 4.39 Å². The van der Waals surface area contributed by atoms with E-state index in [1.807, 2.05) is 12.1 Å². The Morgan fingerprint density at radius 3 is 2.55 bits per heavy atom. The van der Waals surface area contributed by atoms with Gasteiger partial charge in [-0.2, -0.15) is 0 Å². The first-order valence-corrected chi connectivity index (χ1v) is 11.4. The summed E-state index contributed by atoms with van der Waals surface area (Å²) in [5.74, 6) is 1.45. The molecule has 2 saturated heterocycles. The molecule has 0 bridgehead atoms. The molecular formula is C23H39FIN5O.